The Balaban J connectivity index is 3.75. The molecule has 0 rings (SSSR count). The Morgan fingerprint density at radius 3 is 1.94 bits per heavy atom. The Kier molecular flexibility index (Phi) is 8.51. The summed E-state index contributed by atoms with van der Waals surface area (Å²) in [6.45, 7) is 5.37. The van der Waals surface area contributed by atoms with Gasteiger partial charge in [-0.2, -0.15) is 25.3 Å². The Bertz CT molecular complexity index is 254. The van der Waals surface area contributed by atoms with Crippen LogP contribution < -0.4 is 0 Å². The van der Waals surface area contributed by atoms with Crippen molar-refractivity contribution in [2.45, 2.75) is 50.2 Å². The van der Waals surface area contributed by atoms with Crippen molar-refractivity contribution in [2.24, 2.45) is 0 Å². The molecule has 100 valence electrons. The predicted molar refractivity (Wildman–Crippen MR) is 72.6 cm³/mol. The van der Waals surface area contributed by atoms with Crippen molar-refractivity contribution in [1.82, 2.24) is 0 Å². The first-order valence-corrected chi connectivity index (χ1v) is 6.55. The summed E-state index contributed by atoms with van der Waals surface area (Å²) in [4.78, 5) is 22.5. The van der Waals surface area contributed by atoms with Gasteiger partial charge in [0.2, 0.25) is 0 Å². The van der Waals surface area contributed by atoms with Crippen molar-refractivity contribution in [3.05, 3.63) is 0 Å². The van der Waals surface area contributed by atoms with Crippen molar-refractivity contribution in [3.63, 3.8) is 0 Å². The second-order valence-electron chi connectivity index (χ2n) is 4.09. The van der Waals surface area contributed by atoms with E-state index in [9.17, 15) is 9.59 Å². The monoisotopic (exact) mass is 280 g/mol. The molecule has 0 saturated carbocycles. The second kappa shape index (κ2) is 8.69. The summed E-state index contributed by atoms with van der Waals surface area (Å²) in [6.07, 6.45) is 0.0562. The largest absolute Gasteiger partial charge is 0.462 e. The average Bonchev–Trinajstić information content (AvgIpc) is 2.12. The van der Waals surface area contributed by atoms with Crippen LogP contribution in [-0.2, 0) is 19.1 Å². The van der Waals surface area contributed by atoms with Gasteiger partial charge in [-0.05, 0) is 6.92 Å². The molecule has 0 bridgehead atoms. The van der Waals surface area contributed by atoms with Crippen molar-refractivity contribution in [3.8, 4) is 0 Å². The van der Waals surface area contributed by atoms with Gasteiger partial charge in [0.1, 0.15) is 12.7 Å². The fourth-order valence-corrected chi connectivity index (χ4v) is 1.36. The zero-order valence-electron chi connectivity index (χ0n) is 10.4. The molecule has 0 N–H and O–H groups in total. The van der Waals surface area contributed by atoms with E-state index >= 15 is 0 Å². The van der Waals surface area contributed by atoms with Crippen molar-refractivity contribution in [2.75, 3.05) is 6.61 Å². The van der Waals surface area contributed by atoms with E-state index in [2.05, 4.69) is 25.3 Å². The van der Waals surface area contributed by atoms with Crippen molar-refractivity contribution >= 4 is 37.2 Å². The van der Waals surface area contributed by atoms with Crippen LogP contribution in [0.3, 0.4) is 0 Å². The van der Waals surface area contributed by atoms with Crippen LogP contribution in [0.4, 0.5) is 0 Å². The van der Waals surface area contributed by atoms with Gasteiger partial charge < -0.3 is 9.47 Å². The van der Waals surface area contributed by atoms with Gasteiger partial charge in [0, 0.05) is 10.5 Å². The SMILES string of the molecule is CC(S)CC(=O)OCC(C)OC(=O)CC(C)S. The van der Waals surface area contributed by atoms with Crippen LogP contribution in [0, 0.1) is 0 Å². The van der Waals surface area contributed by atoms with Crippen LogP contribution in [0.25, 0.3) is 0 Å². The Morgan fingerprint density at radius 2 is 1.47 bits per heavy atom. The van der Waals surface area contributed by atoms with Crippen LogP contribution in [-0.4, -0.2) is 35.1 Å². The van der Waals surface area contributed by atoms with E-state index in [0.29, 0.717) is 0 Å². The molecule has 0 fully saturated rings. The molecule has 0 aliphatic rings. The molecule has 0 saturated heterocycles. The molecule has 4 nitrogen and oxygen atoms in total. The second-order valence-corrected chi connectivity index (χ2v) is 5.85. The summed E-state index contributed by atoms with van der Waals surface area (Å²) in [6, 6.07) is 0. The van der Waals surface area contributed by atoms with Gasteiger partial charge in [0.05, 0.1) is 12.8 Å². The molecular weight excluding hydrogens is 260 g/mol. The quantitative estimate of drug-likeness (QED) is 0.552. The van der Waals surface area contributed by atoms with Crippen LogP contribution in [0.5, 0.6) is 0 Å². The summed E-state index contributed by atoms with van der Waals surface area (Å²) in [7, 11) is 0. The third-order valence-electron chi connectivity index (χ3n) is 1.74. The van der Waals surface area contributed by atoms with Gasteiger partial charge in [0.25, 0.3) is 0 Å². The summed E-state index contributed by atoms with van der Waals surface area (Å²) in [5.74, 6) is -0.670. The minimum absolute atomic E-state index is 0.0367. The van der Waals surface area contributed by atoms with E-state index in [1.54, 1.807) is 6.92 Å². The number of hydrogen-bond donors (Lipinski definition) is 2. The number of carbonyl (C=O) groups is 2. The van der Waals surface area contributed by atoms with Crippen LogP contribution >= 0.6 is 25.3 Å². The molecule has 0 radical (unpaired) electrons. The number of hydrogen-bond acceptors (Lipinski definition) is 6. The Morgan fingerprint density at radius 1 is 1.00 bits per heavy atom. The van der Waals surface area contributed by atoms with E-state index < -0.39 is 6.10 Å². The zero-order chi connectivity index (χ0) is 13.4. The summed E-state index contributed by atoms with van der Waals surface area (Å²) >= 11 is 8.17. The smallest absolute Gasteiger partial charge is 0.307 e. The minimum atomic E-state index is -0.436. The molecule has 0 aromatic heterocycles. The lowest BCUT2D eigenvalue weighted by Gasteiger charge is -2.14. The summed E-state index contributed by atoms with van der Waals surface area (Å²) in [5.41, 5.74) is 0. The highest BCUT2D eigenvalue weighted by atomic mass is 32.1. The van der Waals surface area contributed by atoms with Crippen molar-refractivity contribution in [1.29, 1.82) is 0 Å². The molecule has 0 amide bonds. The molecule has 3 unspecified atom stereocenters. The molecule has 3 atom stereocenters. The maximum atomic E-state index is 11.3. The molecule has 0 aromatic rings. The van der Waals surface area contributed by atoms with E-state index in [-0.39, 0.29) is 41.9 Å². The van der Waals surface area contributed by atoms with E-state index in [1.165, 1.54) is 0 Å². The molecule has 17 heavy (non-hydrogen) atoms. The number of esters is 2. The standard InChI is InChI=1S/C11H20O4S2/c1-7(15-11(13)5-9(3)17)6-14-10(12)4-8(2)16/h7-9,16-17H,4-6H2,1-3H3. The number of thiol groups is 2. The Labute approximate surface area is 113 Å². The topological polar surface area (TPSA) is 52.6 Å². The number of rotatable bonds is 7. The zero-order valence-corrected chi connectivity index (χ0v) is 12.2. The fraction of sp³-hybridized carbons (Fsp3) is 0.818. The first-order valence-electron chi connectivity index (χ1n) is 5.52. The normalized spacial score (nSPS) is 15.8. The lowest BCUT2D eigenvalue weighted by atomic mass is 10.3. The first-order chi connectivity index (χ1) is 7.81. The number of carbonyl (C=O) groups excluding carboxylic acids is 2. The molecule has 0 spiro atoms. The fourth-order valence-electron chi connectivity index (χ4n) is 1.06. The van der Waals surface area contributed by atoms with E-state index in [1.807, 2.05) is 13.8 Å². The van der Waals surface area contributed by atoms with Crippen molar-refractivity contribution < 1.29 is 19.1 Å². The van der Waals surface area contributed by atoms with Gasteiger partial charge in [0.15, 0.2) is 0 Å². The molecular formula is C11H20O4S2. The Hall–Kier alpha value is -0.360. The highest BCUT2D eigenvalue weighted by Gasteiger charge is 2.14. The lowest BCUT2D eigenvalue weighted by Crippen LogP contribution is -2.24. The van der Waals surface area contributed by atoms with Gasteiger partial charge in [-0.25, -0.2) is 0 Å². The third-order valence-corrected chi connectivity index (χ3v) is 2.10. The van der Waals surface area contributed by atoms with Gasteiger partial charge in [-0.15, -0.1) is 0 Å². The first kappa shape index (κ1) is 16.6. The highest BCUT2D eigenvalue weighted by Crippen LogP contribution is 2.05. The summed E-state index contributed by atoms with van der Waals surface area (Å²) in [5, 5.41) is -0.0762. The highest BCUT2D eigenvalue weighted by molar-refractivity contribution is 7.81. The van der Waals surface area contributed by atoms with E-state index in [4.69, 9.17) is 9.47 Å². The molecule has 0 heterocycles. The van der Waals surface area contributed by atoms with Crippen LogP contribution in [0.2, 0.25) is 0 Å². The average molecular weight is 280 g/mol. The number of ether oxygens (including phenoxy) is 2. The van der Waals surface area contributed by atoms with Crippen LogP contribution in [0.15, 0.2) is 0 Å². The van der Waals surface area contributed by atoms with Gasteiger partial charge in [-0.3, -0.25) is 9.59 Å². The molecule has 0 aromatic carbocycles. The lowest BCUT2D eigenvalue weighted by molar-refractivity contribution is -0.157. The van der Waals surface area contributed by atoms with E-state index in [0.717, 1.165) is 0 Å². The predicted octanol–water partition coefficient (Wildman–Crippen LogP) is 1.88. The third kappa shape index (κ3) is 10.5. The molecule has 6 heteroatoms. The van der Waals surface area contributed by atoms with Crippen LogP contribution in [0.1, 0.15) is 33.6 Å². The summed E-state index contributed by atoms with van der Waals surface area (Å²) < 4.78 is 9.97. The molecule has 0 aliphatic heterocycles. The minimum Gasteiger partial charge on any atom is -0.462 e. The molecule has 0 aliphatic carbocycles. The van der Waals surface area contributed by atoms with Gasteiger partial charge >= 0.3 is 11.9 Å². The maximum Gasteiger partial charge on any atom is 0.307 e. The van der Waals surface area contributed by atoms with Gasteiger partial charge in [-0.1, -0.05) is 13.8 Å². The maximum absolute atomic E-state index is 11.3.